The molecule has 0 bridgehead atoms. The quantitative estimate of drug-likeness (QED) is 0.460. The maximum atomic E-state index is 12.0. The first kappa shape index (κ1) is 18.4. The van der Waals surface area contributed by atoms with Gasteiger partial charge in [0.2, 0.25) is 11.0 Å². The third kappa shape index (κ3) is 5.57. The molecule has 7 heteroatoms. The van der Waals surface area contributed by atoms with Crippen LogP contribution in [0.1, 0.15) is 17.5 Å². The van der Waals surface area contributed by atoms with E-state index in [-0.39, 0.29) is 5.91 Å². The zero-order chi connectivity index (χ0) is 18.2. The van der Waals surface area contributed by atoms with E-state index in [0.717, 1.165) is 21.4 Å². The van der Waals surface area contributed by atoms with Gasteiger partial charge in [0, 0.05) is 12.2 Å². The van der Waals surface area contributed by atoms with Gasteiger partial charge in [0.1, 0.15) is 5.75 Å². The Labute approximate surface area is 160 Å². The smallest absolute Gasteiger partial charge is 0.226 e. The number of hydrogen-bond donors (Lipinski definition) is 1. The van der Waals surface area contributed by atoms with Crippen molar-refractivity contribution in [2.45, 2.75) is 22.9 Å². The summed E-state index contributed by atoms with van der Waals surface area (Å²) in [6.45, 7) is 0. The summed E-state index contributed by atoms with van der Waals surface area (Å²) in [6.07, 6.45) is 1.14. The van der Waals surface area contributed by atoms with E-state index in [1.807, 2.05) is 54.6 Å². The Bertz CT molecular complexity index is 836. The molecule has 0 aliphatic rings. The minimum Gasteiger partial charge on any atom is -0.497 e. The third-order valence-electron chi connectivity index (χ3n) is 3.66. The molecule has 2 aromatic carbocycles. The van der Waals surface area contributed by atoms with E-state index in [1.54, 1.807) is 18.9 Å². The summed E-state index contributed by atoms with van der Waals surface area (Å²) in [7, 11) is 1.65. The number of hydrogen-bond acceptors (Lipinski definition) is 6. The highest BCUT2D eigenvalue weighted by Crippen LogP contribution is 2.28. The topological polar surface area (TPSA) is 64.1 Å². The van der Waals surface area contributed by atoms with E-state index in [9.17, 15) is 4.79 Å². The van der Waals surface area contributed by atoms with Crippen LogP contribution in [0, 0.1) is 0 Å². The summed E-state index contributed by atoms with van der Waals surface area (Å²) < 4.78 is 5.99. The third-order valence-corrected chi connectivity index (χ3v) is 5.70. The number of nitrogens with one attached hydrogen (secondary N) is 1. The molecular formula is C19H19N3O2S2. The number of aromatic nitrogens is 2. The molecule has 0 radical (unpaired) electrons. The first-order chi connectivity index (χ1) is 12.7. The van der Waals surface area contributed by atoms with Crippen LogP contribution >= 0.6 is 23.1 Å². The minimum atomic E-state index is -0.0447. The molecule has 0 unspecified atom stereocenters. The van der Waals surface area contributed by atoms with Crippen molar-refractivity contribution >= 4 is 34.1 Å². The first-order valence-electron chi connectivity index (χ1n) is 8.16. The lowest BCUT2D eigenvalue weighted by atomic mass is 10.1. The molecule has 5 nitrogen and oxygen atoms in total. The van der Waals surface area contributed by atoms with E-state index in [0.29, 0.717) is 18.0 Å². The molecule has 134 valence electrons. The fraction of sp³-hybridized carbons (Fsp3) is 0.211. The number of carbonyl (C=O) groups excluding carboxylic acids is 1. The molecule has 1 aromatic heterocycles. The lowest BCUT2D eigenvalue weighted by Gasteiger charge is -2.02. The van der Waals surface area contributed by atoms with Crippen LogP contribution in [0.2, 0.25) is 0 Å². The lowest BCUT2D eigenvalue weighted by molar-refractivity contribution is -0.116. The van der Waals surface area contributed by atoms with Gasteiger partial charge in [0.15, 0.2) is 4.34 Å². The Morgan fingerprint density at radius 1 is 1.08 bits per heavy atom. The van der Waals surface area contributed by atoms with E-state index < -0.39 is 0 Å². The molecule has 0 aliphatic heterocycles. The fourth-order valence-corrected chi connectivity index (χ4v) is 3.99. The number of carbonyl (C=O) groups is 1. The molecule has 1 amide bonds. The van der Waals surface area contributed by atoms with Crippen LogP contribution in [-0.2, 0) is 17.0 Å². The molecule has 0 fully saturated rings. The van der Waals surface area contributed by atoms with Gasteiger partial charge in [-0.25, -0.2) is 0 Å². The summed E-state index contributed by atoms with van der Waals surface area (Å²) in [5, 5.41) is 11.5. The van der Waals surface area contributed by atoms with Crippen molar-refractivity contribution in [2.75, 3.05) is 12.4 Å². The van der Waals surface area contributed by atoms with Crippen LogP contribution in [0.15, 0.2) is 58.9 Å². The molecule has 26 heavy (non-hydrogen) atoms. The van der Waals surface area contributed by atoms with Crippen molar-refractivity contribution in [3.05, 3.63) is 65.7 Å². The Kier molecular flexibility index (Phi) is 6.62. The van der Waals surface area contributed by atoms with Crippen molar-refractivity contribution in [1.82, 2.24) is 10.2 Å². The van der Waals surface area contributed by atoms with Crippen molar-refractivity contribution in [3.8, 4) is 5.75 Å². The normalized spacial score (nSPS) is 10.5. The predicted molar refractivity (Wildman–Crippen MR) is 106 cm³/mol. The number of anilines is 1. The Hall–Kier alpha value is -2.38. The second-order valence-electron chi connectivity index (χ2n) is 5.54. The molecular weight excluding hydrogens is 366 g/mol. The summed E-state index contributed by atoms with van der Waals surface area (Å²) in [4.78, 5) is 12.0. The number of nitrogens with zero attached hydrogens (tertiary/aromatic N) is 2. The fourth-order valence-electron chi connectivity index (χ4n) is 2.27. The highest BCUT2D eigenvalue weighted by molar-refractivity contribution is 8.00. The summed E-state index contributed by atoms with van der Waals surface area (Å²) in [5.74, 6) is 1.59. The zero-order valence-electron chi connectivity index (χ0n) is 14.3. The number of amides is 1. The van der Waals surface area contributed by atoms with Crippen LogP contribution in [0.3, 0.4) is 0 Å². The molecule has 0 spiro atoms. The summed E-state index contributed by atoms with van der Waals surface area (Å²) in [5.41, 5.74) is 2.33. The number of aryl methyl sites for hydroxylation is 1. The van der Waals surface area contributed by atoms with Gasteiger partial charge in [0.05, 0.1) is 7.11 Å². The summed E-state index contributed by atoms with van der Waals surface area (Å²) >= 11 is 2.99. The molecule has 0 atom stereocenters. The molecule has 0 aliphatic carbocycles. The number of thioether (sulfide) groups is 1. The highest BCUT2D eigenvalue weighted by Gasteiger charge is 2.09. The van der Waals surface area contributed by atoms with Gasteiger partial charge >= 0.3 is 0 Å². The average molecular weight is 386 g/mol. The Balaban J connectivity index is 1.45. The van der Waals surface area contributed by atoms with Crippen LogP contribution in [-0.4, -0.2) is 23.2 Å². The molecule has 1 heterocycles. The number of methoxy groups -OCH3 is 1. The van der Waals surface area contributed by atoms with Crippen LogP contribution < -0.4 is 10.1 Å². The Morgan fingerprint density at radius 2 is 1.85 bits per heavy atom. The van der Waals surface area contributed by atoms with Gasteiger partial charge in [-0.1, -0.05) is 65.6 Å². The molecule has 3 aromatic rings. The zero-order valence-corrected chi connectivity index (χ0v) is 16.0. The second kappa shape index (κ2) is 9.35. The van der Waals surface area contributed by atoms with Gasteiger partial charge < -0.3 is 10.1 Å². The van der Waals surface area contributed by atoms with Crippen molar-refractivity contribution in [1.29, 1.82) is 0 Å². The van der Waals surface area contributed by atoms with Crippen LogP contribution in [0.5, 0.6) is 5.75 Å². The number of rotatable bonds is 8. The Morgan fingerprint density at radius 3 is 2.58 bits per heavy atom. The van der Waals surface area contributed by atoms with E-state index in [2.05, 4.69) is 15.5 Å². The van der Waals surface area contributed by atoms with E-state index in [1.165, 1.54) is 16.9 Å². The highest BCUT2D eigenvalue weighted by atomic mass is 32.2. The first-order valence-corrected chi connectivity index (χ1v) is 9.96. The minimum absolute atomic E-state index is 0.0447. The standard InChI is InChI=1S/C19H19N3O2S2/c1-24-16-10-7-15(8-11-16)13-25-19-22-21-18(26-19)20-17(23)12-9-14-5-3-2-4-6-14/h2-8,10-11H,9,12-13H2,1H3,(H,20,21,23). The molecule has 0 saturated carbocycles. The van der Waals surface area contributed by atoms with Gasteiger partial charge in [0.25, 0.3) is 0 Å². The molecule has 3 rings (SSSR count). The van der Waals surface area contributed by atoms with E-state index >= 15 is 0 Å². The maximum absolute atomic E-state index is 12.0. The number of ether oxygens (including phenoxy) is 1. The van der Waals surface area contributed by atoms with Crippen molar-refractivity contribution in [3.63, 3.8) is 0 Å². The van der Waals surface area contributed by atoms with Gasteiger partial charge in [-0.15, -0.1) is 10.2 Å². The van der Waals surface area contributed by atoms with Gasteiger partial charge in [-0.3, -0.25) is 4.79 Å². The lowest BCUT2D eigenvalue weighted by Crippen LogP contribution is -2.12. The second-order valence-corrected chi connectivity index (χ2v) is 7.74. The van der Waals surface area contributed by atoms with Crippen LogP contribution in [0.25, 0.3) is 0 Å². The molecule has 1 N–H and O–H groups in total. The monoisotopic (exact) mass is 385 g/mol. The van der Waals surface area contributed by atoms with Crippen molar-refractivity contribution in [2.24, 2.45) is 0 Å². The summed E-state index contributed by atoms with van der Waals surface area (Å²) in [6, 6.07) is 17.9. The van der Waals surface area contributed by atoms with E-state index in [4.69, 9.17) is 4.74 Å². The predicted octanol–water partition coefficient (Wildman–Crippen LogP) is 4.41. The van der Waals surface area contributed by atoms with Gasteiger partial charge in [-0.05, 0) is 29.7 Å². The SMILES string of the molecule is COc1ccc(CSc2nnc(NC(=O)CCc3ccccc3)s2)cc1. The average Bonchev–Trinajstić information content (AvgIpc) is 3.13. The maximum Gasteiger partial charge on any atom is 0.226 e. The molecule has 0 saturated heterocycles. The number of benzene rings is 2. The van der Waals surface area contributed by atoms with Crippen LogP contribution in [0.4, 0.5) is 5.13 Å². The van der Waals surface area contributed by atoms with Crippen molar-refractivity contribution < 1.29 is 9.53 Å². The largest absolute Gasteiger partial charge is 0.497 e. The van der Waals surface area contributed by atoms with Gasteiger partial charge in [-0.2, -0.15) is 0 Å².